The summed E-state index contributed by atoms with van der Waals surface area (Å²) < 4.78 is 50.3. The van der Waals surface area contributed by atoms with Crippen molar-refractivity contribution in [1.29, 1.82) is 0 Å². The minimum absolute atomic E-state index is 0.0595. The average molecular weight is 447 g/mol. The van der Waals surface area contributed by atoms with Crippen LogP contribution < -0.4 is 0 Å². The Morgan fingerprint density at radius 1 is 1.13 bits per heavy atom. The maximum absolute atomic E-state index is 13.6. The summed E-state index contributed by atoms with van der Waals surface area (Å²) in [6.07, 6.45) is 2.74. The Morgan fingerprint density at radius 3 is 2.50 bits per heavy atom. The SMILES string of the molecule is CCC1(C(=O)N2CCCS(=O)(=NC(=O)[C@@H]3[C@H]4CCCO[C@H]43)CC2)CCC(F)(F)CC1. The third-order valence-electron chi connectivity index (χ3n) is 7.56. The number of rotatable bonds is 3. The highest BCUT2D eigenvalue weighted by molar-refractivity contribution is 7.93. The molecule has 30 heavy (non-hydrogen) atoms. The minimum Gasteiger partial charge on any atom is -0.377 e. The first-order valence-electron chi connectivity index (χ1n) is 11.2. The van der Waals surface area contributed by atoms with E-state index in [1.807, 2.05) is 6.92 Å². The van der Waals surface area contributed by atoms with Crippen molar-refractivity contribution in [2.45, 2.75) is 70.3 Å². The van der Waals surface area contributed by atoms with E-state index in [9.17, 15) is 22.6 Å². The van der Waals surface area contributed by atoms with Crippen molar-refractivity contribution in [3.8, 4) is 0 Å². The van der Waals surface area contributed by atoms with Crippen LogP contribution in [-0.4, -0.2) is 64.2 Å². The van der Waals surface area contributed by atoms with Crippen molar-refractivity contribution in [2.24, 2.45) is 21.6 Å². The molecule has 0 aromatic rings. The topological polar surface area (TPSA) is 76.0 Å². The summed E-state index contributed by atoms with van der Waals surface area (Å²) >= 11 is 0. The second kappa shape index (κ2) is 8.11. The highest BCUT2D eigenvalue weighted by atomic mass is 32.2. The van der Waals surface area contributed by atoms with Gasteiger partial charge < -0.3 is 9.64 Å². The molecule has 2 heterocycles. The summed E-state index contributed by atoms with van der Waals surface area (Å²) in [5, 5.41) is 0. The molecule has 0 bridgehead atoms. The van der Waals surface area contributed by atoms with E-state index in [2.05, 4.69) is 4.36 Å². The lowest BCUT2D eigenvalue weighted by Crippen LogP contribution is -2.48. The van der Waals surface area contributed by atoms with Crippen molar-refractivity contribution in [2.75, 3.05) is 31.2 Å². The molecular formula is C21H32F2N2O4S. The van der Waals surface area contributed by atoms with Gasteiger partial charge in [-0.25, -0.2) is 13.0 Å². The minimum atomic E-state index is -2.71. The van der Waals surface area contributed by atoms with Crippen LogP contribution in [0.2, 0.25) is 0 Å². The number of ether oxygens (including phenoxy) is 1. The number of fused-ring (bicyclic) bond motifs is 1. The molecule has 2 amide bonds. The molecule has 0 aromatic heterocycles. The van der Waals surface area contributed by atoms with Gasteiger partial charge in [0.25, 0.3) is 5.91 Å². The van der Waals surface area contributed by atoms with Gasteiger partial charge in [-0.15, -0.1) is 0 Å². The van der Waals surface area contributed by atoms with Crippen molar-refractivity contribution in [3.63, 3.8) is 0 Å². The number of hydrogen-bond donors (Lipinski definition) is 0. The largest absolute Gasteiger partial charge is 0.377 e. The van der Waals surface area contributed by atoms with Crippen LogP contribution in [0.1, 0.15) is 58.3 Å². The molecule has 2 saturated heterocycles. The van der Waals surface area contributed by atoms with Crippen LogP contribution in [0.25, 0.3) is 0 Å². The van der Waals surface area contributed by atoms with Crippen LogP contribution in [0.15, 0.2) is 4.36 Å². The lowest BCUT2D eigenvalue weighted by molar-refractivity contribution is -0.150. The summed E-state index contributed by atoms with van der Waals surface area (Å²) in [6.45, 7) is 3.26. The third-order valence-corrected chi connectivity index (χ3v) is 9.82. The van der Waals surface area contributed by atoms with Crippen molar-refractivity contribution >= 4 is 21.5 Å². The summed E-state index contributed by atoms with van der Waals surface area (Å²) in [5.41, 5.74) is -0.749. The Bertz CT molecular complexity index is 802. The lowest BCUT2D eigenvalue weighted by atomic mass is 9.70. The molecule has 4 aliphatic rings. The molecule has 1 unspecified atom stereocenters. The normalized spacial score (nSPS) is 37.6. The van der Waals surface area contributed by atoms with Gasteiger partial charge in [-0.1, -0.05) is 6.92 Å². The molecule has 0 N–H and O–H groups in total. The van der Waals surface area contributed by atoms with E-state index in [4.69, 9.17) is 4.74 Å². The molecule has 170 valence electrons. The predicted octanol–water partition coefficient (Wildman–Crippen LogP) is 3.24. The van der Waals surface area contributed by atoms with Crippen LogP contribution in [0.5, 0.6) is 0 Å². The first kappa shape index (κ1) is 22.1. The van der Waals surface area contributed by atoms with Crippen LogP contribution in [0, 0.1) is 17.3 Å². The molecular weight excluding hydrogens is 414 g/mol. The Balaban J connectivity index is 1.41. The standard InChI is InChI=1S/C21H32F2N2O4S/c1-2-20(6-8-21(22,23)9-7-20)19(27)25-10-4-13-30(28,14-11-25)24-18(26)16-15-5-3-12-29-17(15)16/h15-17H,2-14H2,1H3/t15-,16-,17-,30?/m1/s1. The number of halogens is 2. The molecule has 4 fully saturated rings. The third kappa shape index (κ3) is 4.29. The van der Waals surface area contributed by atoms with E-state index in [-0.39, 0.29) is 67.7 Å². The molecule has 4 atom stereocenters. The molecule has 0 radical (unpaired) electrons. The predicted molar refractivity (Wildman–Crippen MR) is 109 cm³/mol. The zero-order chi connectivity index (χ0) is 21.6. The Labute approximate surface area is 177 Å². The van der Waals surface area contributed by atoms with Gasteiger partial charge in [0.05, 0.1) is 21.8 Å². The van der Waals surface area contributed by atoms with Crippen LogP contribution in [-0.2, 0) is 24.1 Å². The van der Waals surface area contributed by atoms with Crippen molar-refractivity contribution in [1.82, 2.24) is 4.90 Å². The molecule has 9 heteroatoms. The first-order chi connectivity index (χ1) is 14.2. The molecule has 4 rings (SSSR count). The van der Waals surface area contributed by atoms with Crippen LogP contribution >= 0.6 is 0 Å². The van der Waals surface area contributed by atoms with E-state index >= 15 is 0 Å². The molecule has 6 nitrogen and oxygen atoms in total. The average Bonchev–Trinajstić information content (AvgIpc) is 3.47. The fourth-order valence-corrected chi connectivity index (χ4v) is 7.31. The summed E-state index contributed by atoms with van der Waals surface area (Å²) in [4.78, 5) is 27.5. The molecule has 2 saturated carbocycles. The van der Waals surface area contributed by atoms with Gasteiger partial charge >= 0.3 is 0 Å². The Hall–Kier alpha value is -1.09. The molecule has 0 spiro atoms. The zero-order valence-electron chi connectivity index (χ0n) is 17.6. The summed E-state index contributed by atoms with van der Waals surface area (Å²) in [6, 6.07) is 0. The maximum Gasteiger partial charge on any atom is 0.259 e. The van der Waals surface area contributed by atoms with Gasteiger partial charge in [-0.05, 0) is 38.5 Å². The molecule has 0 aromatic carbocycles. The highest BCUT2D eigenvalue weighted by Crippen LogP contribution is 2.49. The lowest BCUT2D eigenvalue weighted by Gasteiger charge is -2.41. The Morgan fingerprint density at radius 2 is 1.87 bits per heavy atom. The van der Waals surface area contributed by atoms with Crippen molar-refractivity contribution < 1.29 is 27.3 Å². The number of carbonyl (C=O) groups excluding carboxylic acids is 2. The Kier molecular flexibility index (Phi) is 5.98. The van der Waals surface area contributed by atoms with E-state index in [0.29, 0.717) is 31.7 Å². The summed E-state index contributed by atoms with van der Waals surface area (Å²) in [7, 11) is -2.71. The number of alkyl halides is 2. The fourth-order valence-electron chi connectivity index (χ4n) is 5.39. The van der Waals surface area contributed by atoms with Crippen molar-refractivity contribution in [3.05, 3.63) is 0 Å². The van der Waals surface area contributed by atoms with E-state index < -0.39 is 21.1 Å². The second-order valence-corrected chi connectivity index (χ2v) is 12.0. The molecule has 2 aliphatic carbocycles. The fraction of sp³-hybridized carbons (Fsp3) is 0.905. The van der Waals surface area contributed by atoms with Gasteiger partial charge in [-0.2, -0.15) is 4.36 Å². The highest BCUT2D eigenvalue weighted by Gasteiger charge is 2.57. The maximum atomic E-state index is 13.6. The second-order valence-electron chi connectivity index (χ2n) is 9.41. The van der Waals surface area contributed by atoms with Gasteiger partial charge in [-0.3, -0.25) is 9.59 Å². The zero-order valence-corrected chi connectivity index (χ0v) is 18.4. The number of carbonyl (C=O) groups is 2. The quantitative estimate of drug-likeness (QED) is 0.667. The van der Waals surface area contributed by atoms with Crippen LogP contribution in [0.3, 0.4) is 0 Å². The van der Waals surface area contributed by atoms with Gasteiger partial charge in [0.2, 0.25) is 11.8 Å². The van der Waals surface area contributed by atoms with E-state index in [1.54, 1.807) is 4.90 Å². The molecule has 2 aliphatic heterocycles. The number of nitrogens with zero attached hydrogens (tertiary/aromatic N) is 2. The number of hydrogen-bond acceptors (Lipinski definition) is 4. The van der Waals surface area contributed by atoms with Gasteiger partial charge in [0, 0.05) is 55.4 Å². The van der Waals surface area contributed by atoms with E-state index in [1.165, 1.54) is 0 Å². The van der Waals surface area contributed by atoms with Gasteiger partial charge in [0.1, 0.15) is 0 Å². The summed E-state index contributed by atoms with van der Waals surface area (Å²) in [5.74, 6) is -2.66. The van der Waals surface area contributed by atoms with E-state index in [0.717, 1.165) is 12.8 Å². The first-order valence-corrected chi connectivity index (χ1v) is 13.1. The van der Waals surface area contributed by atoms with Crippen LogP contribution in [0.4, 0.5) is 8.78 Å². The monoisotopic (exact) mass is 446 g/mol. The number of amides is 2. The smallest absolute Gasteiger partial charge is 0.259 e. The van der Waals surface area contributed by atoms with Gasteiger partial charge in [0.15, 0.2) is 0 Å².